The molecule has 2 heterocycles. The molecule has 0 atom stereocenters. The molecule has 1 aromatic carbocycles. The normalized spacial score (nSPS) is 17.8. The van der Waals surface area contributed by atoms with Gasteiger partial charge in [0.2, 0.25) is 0 Å². The van der Waals surface area contributed by atoms with Gasteiger partial charge in [-0.25, -0.2) is 14.2 Å². The fraction of sp³-hybridized carbons (Fsp3) is 0.478. The average Bonchev–Trinajstić information content (AvgIpc) is 3.57. The summed E-state index contributed by atoms with van der Waals surface area (Å²) in [5, 5.41) is 9.17. The second kappa shape index (κ2) is 9.46. The van der Waals surface area contributed by atoms with Crippen LogP contribution >= 0.6 is 11.6 Å². The van der Waals surface area contributed by atoms with E-state index in [2.05, 4.69) is 4.98 Å². The lowest BCUT2D eigenvalue weighted by atomic mass is 9.97. The predicted molar refractivity (Wildman–Crippen MR) is 113 cm³/mol. The summed E-state index contributed by atoms with van der Waals surface area (Å²) in [5.41, 5.74) is -0.340. The highest BCUT2D eigenvalue weighted by atomic mass is 35.5. The van der Waals surface area contributed by atoms with Crippen LogP contribution < -0.4 is 4.74 Å². The van der Waals surface area contributed by atoms with Gasteiger partial charge < -0.3 is 9.84 Å². The van der Waals surface area contributed by atoms with Crippen molar-refractivity contribution in [2.75, 3.05) is 19.7 Å². The van der Waals surface area contributed by atoms with Crippen molar-refractivity contribution in [1.29, 1.82) is 0 Å². The van der Waals surface area contributed by atoms with E-state index in [4.69, 9.17) is 21.4 Å². The first-order valence-corrected chi connectivity index (χ1v) is 11.1. The van der Waals surface area contributed by atoms with E-state index in [0.29, 0.717) is 25.4 Å². The van der Waals surface area contributed by atoms with Crippen molar-refractivity contribution in [1.82, 2.24) is 9.88 Å². The van der Waals surface area contributed by atoms with Gasteiger partial charge in [-0.05, 0) is 74.4 Å². The Bertz CT molecular complexity index is 1040. The molecule has 10 heteroatoms. The van der Waals surface area contributed by atoms with Crippen molar-refractivity contribution in [2.24, 2.45) is 5.92 Å². The van der Waals surface area contributed by atoms with Gasteiger partial charge in [0.15, 0.2) is 0 Å². The second-order valence-corrected chi connectivity index (χ2v) is 9.08. The molecule has 1 N–H and O–H groups in total. The highest BCUT2D eigenvalue weighted by Gasteiger charge is 2.33. The van der Waals surface area contributed by atoms with E-state index in [9.17, 15) is 22.4 Å². The van der Waals surface area contributed by atoms with Crippen LogP contribution in [0.25, 0.3) is 0 Å². The number of aromatic carboxylic acids is 1. The van der Waals surface area contributed by atoms with E-state index >= 15 is 0 Å². The van der Waals surface area contributed by atoms with Crippen molar-refractivity contribution in [3.63, 3.8) is 0 Å². The lowest BCUT2D eigenvalue weighted by molar-refractivity contribution is -0.141. The fourth-order valence-corrected chi connectivity index (χ4v) is 4.33. The van der Waals surface area contributed by atoms with E-state index < -0.39 is 23.7 Å². The quantitative estimate of drug-likeness (QED) is 0.504. The monoisotopic (exact) mass is 486 g/mol. The summed E-state index contributed by atoms with van der Waals surface area (Å²) in [6, 6.07) is 4.80. The maximum atomic E-state index is 14.2. The largest absolute Gasteiger partial charge is 0.493 e. The zero-order chi connectivity index (χ0) is 23.8. The summed E-state index contributed by atoms with van der Waals surface area (Å²) in [6.45, 7) is 1.95. The number of aromatic nitrogens is 1. The summed E-state index contributed by atoms with van der Waals surface area (Å²) in [7, 11) is 0. The molecule has 1 aliphatic carbocycles. The van der Waals surface area contributed by atoms with Gasteiger partial charge in [0.25, 0.3) is 0 Å². The van der Waals surface area contributed by atoms with Gasteiger partial charge in [0, 0.05) is 17.6 Å². The van der Waals surface area contributed by atoms with Crippen molar-refractivity contribution >= 4 is 17.6 Å². The highest BCUT2D eigenvalue weighted by Crippen LogP contribution is 2.45. The minimum absolute atomic E-state index is 0.00299. The maximum absolute atomic E-state index is 14.2. The topological polar surface area (TPSA) is 62.7 Å². The molecule has 1 aromatic heterocycles. The highest BCUT2D eigenvalue weighted by molar-refractivity contribution is 6.30. The minimum Gasteiger partial charge on any atom is -0.493 e. The first-order valence-electron chi connectivity index (χ1n) is 10.8. The number of ether oxygens (including phenoxy) is 1. The minimum atomic E-state index is -4.55. The summed E-state index contributed by atoms with van der Waals surface area (Å²) in [6.07, 6.45) is -1.17. The average molecular weight is 487 g/mol. The molecule has 0 radical (unpaired) electrons. The van der Waals surface area contributed by atoms with Crippen molar-refractivity contribution in [3.05, 3.63) is 57.6 Å². The van der Waals surface area contributed by atoms with Crippen molar-refractivity contribution in [2.45, 2.75) is 44.3 Å². The number of carboxylic acids is 1. The lowest BCUT2D eigenvalue weighted by Gasteiger charge is -2.31. The van der Waals surface area contributed by atoms with Gasteiger partial charge in [0.1, 0.15) is 17.3 Å². The fourth-order valence-electron chi connectivity index (χ4n) is 4.10. The lowest BCUT2D eigenvalue weighted by Crippen LogP contribution is -2.35. The number of piperidine rings is 1. The van der Waals surface area contributed by atoms with Crippen LogP contribution in [0.15, 0.2) is 24.3 Å². The number of hydrogen-bond acceptors (Lipinski definition) is 4. The molecule has 2 aliphatic rings. The number of pyridine rings is 1. The maximum Gasteiger partial charge on any atom is 0.433 e. The van der Waals surface area contributed by atoms with E-state index in [0.717, 1.165) is 43.4 Å². The van der Waals surface area contributed by atoms with E-state index in [-0.39, 0.29) is 34.7 Å². The Morgan fingerprint density at radius 3 is 2.45 bits per heavy atom. The zero-order valence-corrected chi connectivity index (χ0v) is 18.4. The van der Waals surface area contributed by atoms with Crippen LogP contribution in [0.4, 0.5) is 17.6 Å². The van der Waals surface area contributed by atoms with Crippen LogP contribution in [0.5, 0.6) is 5.75 Å². The molecule has 0 amide bonds. The van der Waals surface area contributed by atoms with Crippen LogP contribution in [0.1, 0.15) is 58.9 Å². The number of halogens is 5. The Balaban J connectivity index is 1.33. The molecule has 1 aliphatic heterocycles. The molecule has 0 bridgehead atoms. The number of likely N-dealkylation sites (tertiary alicyclic amines) is 1. The number of carbonyl (C=O) groups is 1. The first-order chi connectivity index (χ1) is 15.6. The zero-order valence-electron chi connectivity index (χ0n) is 17.7. The number of hydrogen-bond donors (Lipinski definition) is 1. The Kier molecular flexibility index (Phi) is 6.81. The number of nitrogens with zero attached hydrogens (tertiary/aromatic N) is 2. The Morgan fingerprint density at radius 1 is 1.15 bits per heavy atom. The van der Waals surface area contributed by atoms with Gasteiger partial charge in [-0.3, -0.25) is 4.90 Å². The summed E-state index contributed by atoms with van der Waals surface area (Å²) in [5.74, 6) is -1.32. The summed E-state index contributed by atoms with van der Waals surface area (Å²) < 4.78 is 59.0. The standard InChI is InChI=1S/C23H23ClF4N2O3/c24-15-7-16(29-21(8-15)23(26,27)28)11-30-5-3-13(4-6-30)12-33-20-10-19(25)18(22(31)32)9-17(20)14-1-2-14/h7-10,13-14H,1-6,11-12H2,(H,31,32). The Hall–Kier alpha value is -2.39. The van der Waals surface area contributed by atoms with Crippen LogP contribution in [-0.2, 0) is 12.7 Å². The third-order valence-corrected chi connectivity index (χ3v) is 6.27. The molecule has 178 valence electrons. The SMILES string of the molecule is O=C(O)c1cc(C2CC2)c(OCC2CCN(Cc3cc(Cl)cc(C(F)(F)F)n3)CC2)cc1F. The molecule has 1 saturated carbocycles. The molecule has 1 saturated heterocycles. The molecule has 33 heavy (non-hydrogen) atoms. The molecule has 5 nitrogen and oxygen atoms in total. The van der Waals surface area contributed by atoms with Gasteiger partial charge >= 0.3 is 12.1 Å². The molecular weight excluding hydrogens is 464 g/mol. The van der Waals surface area contributed by atoms with Crippen molar-refractivity contribution in [3.8, 4) is 5.75 Å². The number of benzene rings is 1. The first kappa shape index (κ1) is 23.8. The van der Waals surface area contributed by atoms with Crippen molar-refractivity contribution < 1.29 is 32.2 Å². The van der Waals surface area contributed by atoms with Crippen LogP contribution in [0.3, 0.4) is 0 Å². The van der Waals surface area contributed by atoms with E-state index in [1.807, 2.05) is 4.90 Å². The summed E-state index contributed by atoms with van der Waals surface area (Å²) >= 11 is 5.84. The van der Waals surface area contributed by atoms with Gasteiger partial charge in [-0.15, -0.1) is 0 Å². The van der Waals surface area contributed by atoms with Crippen LogP contribution in [-0.4, -0.2) is 40.7 Å². The predicted octanol–water partition coefficient (Wildman–Crippen LogP) is 5.76. The number of rotatable bonds is 7. The molecule has 0 unspecified atom stereocenters. The summed E-state index contributed by atoms with van der Waals surface area (Å²) in [4.78, 5) is 16.9. The van der Waals surface area contributed by atoms with Gasteiger partial charge in [0.05, 0.1) is 17.9 Å². The smallest absolute Gasteiger partial charge is 0.433 e. The van der Waals surface area contributed by atoms with Gasteiger partial charge in [-0.2, -0.15) is 13.2 Å². The molecule has 2 aromatic rings. The molecular formula is C23H23ClF4N2O3. The molecule has 0 spiro atoms. The van der Waals surface area contributed by atoms with Gasteiger partial charge in [-0.1, -0.05) is 11.6 Å². The van der Waals surface area contributed by atoms with E-state index in [1.54, 1.807) is 0 Å². The molecule has 4 rings (SSSR count). The number of alkyl halides is 3. The van der Waals surface area contributed by atoms with E-state index in [1.165, 1.54) is 12.1 Å². The van der Waals surface area contributed by atoms with Crippen LogP contribution in [0.2, 0.25) is 5.02 Å². The second-order valence-electron chi connectivity index (χ2n) is 8.64. The number of carboxylic acid groups (broad SMARTS) is 1. The third-order valence-electron chi connectivity index (χ3n) is 6.05. The Labute approximate surface area is 193 Å². The third kappa shape index (κ3) is 5.95. The molecule has 2 fully saturated rings. The van der Waals surface area contributed by atoms with Crippen LogP contribution in [0, 0.1) is 11.7 Å². The Morgan fingerprint density at radius 2 is 1.85 bits per heavy atom.